The van der Waals surface area contributed by atoms with E-state index in [1.54, 1.807) is 25.2 Å². The number of hydrogen-bond donors (Lipinski definition) is 2. The van der Waals surface area contributed by atoms with Crippen LogP contribution in [0.4, 0.5) is 5.13 Å². The lowest BCUT2D eigenvalue weighted by atomic mass is 9.90. The number of hydrogen-bond acceptors (Lipinski definition) is 5. The monoisotopic (exact) mass is 310 g/mol. The van der Waals surface area contributed by atoms with Crippen molar-refractivity contribution in [3.63, 3.8) is 0 Å². The van der Waals surface area contributed by atoms with Crippen molar-refractivity contribution in [2.75, 3.05) is 5.32 Å². The largest absolute Gasteiger partial charge is 0.481 e. The maximum atomic E-state index is 11.2. The van der Waals surface area contributed by atoms with Crippen LogP contribution in [0, 0.1) is 0 Å². The van der Waals surface area contributed by atoms with Gasteiger partial charge < -0.3 is 10.4 Å². The topological polar surface area (TPSA) is 62.2 Å². The fourth-order valence-corrected chi connectivity index (χ4v) is 3.54. The van der Waals surface area contributed by atoms with Gasteiger partial charge in [0.05, 0.1) is 11.7 Å². The van der Waals surface area contributed by atoms with Crippen LogP contribution < -0.4 is 5.32 Å². The third kappa shape index (κ3) is 3.02. The highest BCUT2D eigenvalue weighted by Gasteiger charge is 2.32. The van der Waals surface area contributed by atoms with E-state index in [-0.39, 0.29) is 6.04 Å². The summed E-state index contributed by atoms with van der Waals surface area (Å²) in [6.45, 7) is 5.46. The normalized spacial score (nSPS) is 13.2. The number of carbonyl (C=O) groups is 1. The summed E-state index contributed by atoms with van der Waals surface area (Å²) in [7, 11) is 0. The molecule has 2 aromatic heterocycles. The van der Waals surface area contributed by atoms with E-state index >= 15 is 0 Å². The number of carboxylic acid groups (broad SMARTS) is 1. The lowest BCUT2D eigenvalue weighted by Gasteiger charge is -2.16. The van der Waals surface area contributed by atoms with E-state index in [4.69, 9.17) is 0 Å². The smallest absolute Gasteiger partial charge is 0.315 e. The second-order valence-corrected chi connectivity index (χ2v) is 6.93. The first-order valence-corrected chi connectivity index (χ1v) is 8.20. The number of thiophene rings is 1. The molecule has 1 unspecified atom stereocenters. The fraction of sp³-hybridized carbons (Fsp3) is 0.429. The zero-order valence-electron chi connectivity index (χ0n) is 11.7. The van der Waals surface area contributed by atoms with Gasteiger partial charge in [0.1, 0.15) is 5.41 Å². The Labute approximate surface area is 126 Å². The predicted molar refractivity (Wildman–Crippen MR) is 83.7 cm³/mol. The van der Waals surface area contributed by atoms with Crippen LogP contribution >= 0.6 is 22.7 Å². The lowest BCUT2D eigenvalue weighted by Crippen LogP contribution is -2.28. The second kappa shape index (κ2) is 5.93. The van der Waals surface area contributed by atoms with Gasteiger partial charge in [-0.1, -0.05) is 13.0 Å². The molecule has 0 spiro atoms. The summed E-state index contributed by atoms with van der Waals surface area (Å²) in [5.41, 5.74) is -0.361. The minimum absolute atomic E-state index is 0.224. The lowest BCUT2D eigenvalue weighted by molar-refractivity contribution is -0.142. The molecule has 20 heavy (non-hydrogen) atoms. The number of thiazole rings is 1. The van der Waals surface area contributed by atoms with Gasteiger partial charge in [-0.2, -0.15) is 0 Å². The standard InChI is InChI=1S/C14H18N2O2S2/c1-4-9(10-6-5-7-19-10)15-13-16-11(8-20-13)14(2,3)12(17)18/h5-9H,4H2,1-3H3,(H,15,16)(H,17,18). The number of aliphatic carboxylic acids is 1. The van der Waals surface area contributed by atoms with Crippen molar-refractivity contribution >= 4 is 33.8 Å². The summed E-state index contributed by atoms with van der Waals surface area (Å²) >= 11 is 3.17. The first-order chi connectivity index (χ1) is 9.45. The van der Waals surface area contributed by atoms with Gasteiger partial charge >= 0.3 is 5.97 Å². The molecule has 0 radical (unpaired) electrons. The van der Waals surface area contributed by atoms with E-state index in [1.165, 1.54) is 16.2 Å². The Morgan fingerprint density at radius 2 is 2.25 bits per heavy atom. The number of nitrogens with zero attached hydrogens (tertiary/aromatic N) is 1. The third-order valence-corrected chi connectivity index (χ3v) is 5.03. The molecule has 2 N–H and O–H groups in total. The van der Waals surface area contributed by atoms with Crippen LogP contribution in [0.5, 0.6) is 0 Å². The molecule has 4 nitrogen and oxygen atoms in total. The Morgan fingerprint density at radius 3 is 2.80 bits per heavy atom. The van der Waals surface area contributed by atoms with Gasteiger partial charge in [-0.15, -0.1) is 22.7 Å². The number of carboxylic acids is 1. The Hall–Kier alpha value is -1.40. The first-order valence-electron chi connectivity index (χ1n) is 6.44. The average molecular weight is 310 g/mol. The van der Waals surface area contributed by atoms with Crippen LogP contribution in [0.2, 0.25) is 0 Å². The molecular formula is C14H18N2O2S2. The highest BCUT2D eigenvalue weighted by molar-refractivity contribution is 7.13. The van der Waals surface area contributed by atoms with Gasteiger partial charge in [0.2, 0.25) is 0 Å². The van der Waals surface area contributed by atoms with E-state index in [9.17, 15) is 9.90 Å². The van der Waals surface area contributed by atoms with E-state index < -0.39 is 11.4 Å². The van der Waals surface area contributed by atoms with Crippen LogP contribution in [-0.4, -0.2) is 16.1 Å². The third-order valence-electron chi connectivity index (χ3n) is 3.27. The molecule has 0 amide bonds. The molecule has 0 aliphatic rings. The van der Waals surface area contributed by atoms with Crippen molar-refractivity contribution in [2.45, 2.75) is 38.6 Å². The van der Waals surface area contributed by atoms with Crippen molar-refractivity contribution in [1.82, 2.24) is 4.98 Å². The number of nitrogens with one attached hydrogen (secondary N) is 1. The molecule has 0 aromatic carbocycles. The predicted octanol–water partition coefficient (Wildman–Crippen LogP) is 4.13. The van der Waals surface area contributed by atoms with Crippen LogP contribution in [0.25, 0.3) is 0 Å². The summed E-state index contributed by atoms with van der Waals surface area (Å²) in [6, 6.07) is 4.36. The molecule has 108 valence electrons. The molecule has 0 saturated carbocycles. The molecule has 0 aliphatic carbocycles. The van der Waals surface area contributed by atoms with Gasteiger partial charge in [0, 0.05) is 10.3 Å². The number of rotatable bonds is 6. The van der Waals surface area contributed by atoms with Crippen LogP contribution in [0.15, 0.2) is 22.9 Å². The van der Waals surface area contributed by atoms with E-state index in [0.29, 0.717) is 5.69 Å². The minimum atomic E-state index is -0.957. The Morgan fingerprint density at radius 1 is 1.50 bits per heavy atom. The number of anilines is 1. The van der Waals surface area contributed by atoms with E-state index in [1.807, 2.05) is 11.4 Å². The maximum Gasteiger partial charge on any atom is 0.315 e. The molecule has 0 saturated heterocycles. The van der Waals surface area contributed by atoms with Gasteiger partial charge in [0.15, 0.2) is 5.13 Å². The highest BCUT2D eigenvalue weighted by atomic mass is 32.1. The van der Waals surface area contributed by atoms with Crippen LogP contribution in [0.1, 0.15) is 43.8 Å². The Bertz CT molecular complexity index is 576. The molecule has 2 aromatic rings. The maximum absolute atomic E-state index is 11.2. The van der Waals surface area contributed by atoms with Crippen LogP contribution in [0.3, 0.4) is 0 Å². The van der Waals surface area contributed by atoms with Crippen molar-refractivity contribution in [3.8, 4) is 0 Å². The van der Waals surface area contributed by atoms with Crippen molar-refractivity contribution in [1.29, 1.82) is 0 Å². The minimum Gasteiger partial charge on any atom is -0.481 e. The van der Waals surface area contributed by atoms with E-state index in [0.717, 1.165) is 11.6 Å². The van der Waals surface area contributed by atoms with Crippen molar-refractivity contribution < 1.29 is 9.90 Å². The van der Waals surface area contributed by atoms with Gasteiger partial charge in [-0.25, -0.2) is 4.98 Å². The SMILES string of the molecule is CCC(Nc1nc(C(C)(C)C(=O)O)cs1)c1cccs1. The van der Waals surface area contributed by atoms with E-state index in [2.05, 4.69) is 28.7 Å². The van der Waals surface area contributed by atoms with Gasteiger partial charge in [0.25, 0.3) is 0 Å². The summed E-state index contributed by atoms with van der Waals surface area (Å²) in [4.78, 5) is 16.9. The molecule has 0 bridgehead atoms. The van der Waals surface area contributed by atoms with Crippen molar-refractivity contribution in [2.24, 2.45) is 0 Å². The Balaban J connectivity index is 2.15. The zero-order chi connectivity index (χ0) is 14.8. The molecule has 0 aliphatic heterocycles. The average Bonchev–Trinajstić information content (AvgIpc) is 3.07. The van der Waals surface area contributed by atoms with Crippen molar-refractivity contribution in [3.05, 3.63) is 33.5 Å². The molecular weight excluding hydrogens is 292 g/mol. The summed E-state index contributed by atoms with van der Waals surface area (Å²) in [5, 5.41) is 17.3. The van der Waals surface area contributed by atoms with Gasteiger partial charge in [-0.05, 0) is 31.7 Å². The van der Waals surface area contributed by atoms with Gasteiger partial charge in [-0.3, -0.25) is 4.79 Å². The molecule has 6 heteroatoms. The summed E-state index contributed by atoms with van der Waals surface area (Å²) in [6.07, 6.45) is 0.956. The molecule has 2 rings (SSSR count). The summed E-state index contributed by atoms with van der Waals surface area (Å²) in [5.74, 6) is -0.861. The fourth-order valence-electron chi connectivity index (χ4n) is 1.75. The number of aromatic nitrogens is 1. The van der Waals surface area contributed by atoms with Crippen LogP contribution in [-0.2, 0) is 10.2 Å². The summed E-state index contributed by atoms with van der Waals surface area (Å²) < 4.78 is 0. The molecule has 1 atom stereocenters. The zero-order valence-corrected chi connectivity index (χ0v) is 13.3. The quantitative estimate of drug-likeness (QED) is 0.842. The first kappa shape index (κ1) is 15.0. The molecule has 2 heterocycles. The highest BCUT2D eigenvalue weighted by Crippen LogP contribution is 2.31. The Kier molecular flexibility index (Phi) is 4.45. The molecule has 0 fully saturated rings. The second-order valence-electron chi connectivity index (χ2n) is 5.09.